The molecule has 2 bridgehead atoms. The van der Waals surface area contributed by atoms with Crippen LogP contribution >= 0.6 is 0 Å². The lowest BCUT2D eigenvalue weighted by molar-refractivity contribution is -0.163. The Balaban J connectivity index is 1.96. The zero-order chi connectivity index (χ0) is 10.9. The maximum atomic E-state index is 10.2. The van der Waals surface area contributed by atoms with Gasteiger partial charge in [0.25, 0.3) is 0 Å². The van der Waals surface area contributed by atoms with Crippen molar-refractivity contribution in [3.8, 4) is 0 Å². The molecule has 0 heterocycles. The van der Waals surface area contributed by atoms with Crippen LogP contribution in [0.1, 0.15) is 64.7 Å². The van der Waals surface area contributed by atoms with Crippen LogP contribution in [-0.4, -0.2) is 21.9 Å². The van der Waals surface area contributed by atoms with Gasteiger partial charge in [-0.25, -0.2) is 0 Å². The first-order valence-corrected chi connectivity index (χ1v) is 6.51. The van der Waals surface area contributed by atoms with Crippen molar-refractivity contribution >= 4 is 0 Å². The van der Waals surface area contributed by atoms with Gasteiger partial charge in [-0.1, -0.05) is 26.2 Å². The van der Waals surface area contributed by atoms with Crippen molar-refractivity contribution < 1.29 is 10.2 Å². The van der Waals surface area contributed by atoms with Gasteiger partial charge >= 0.3 is 0 Å². The van der Waals surface area contributed by atoms with Gasteiger partial charge in [0.05, 0.1) is 11.7 Å². The lowest BCUT2D eigenvalue weighted by atomic mass is 9.55. The SMILES string of the molecule is CCCCCC12CCC(O)(CC1)C[C@@H]2O. The van der Waals surface area contributed by atoms with Crippen molar-refractivity contribution in [1.29, 1.82) is 0 Å². The Morgan fingerprint density at radius 1 is 1.13 bits per heavy atom. The summed E-state index contributed by atoms with van der Waals surface area (Å²) in [6.07, 6.45) is 9.20. The van der Waals surface area contributed by atoms with Crippen molar-refractivity contribution in [3.05, 3.63) is 0 Å². The second kappa shape index (κ2) is 4.06. The number of fused-ring (bicyclic) bond motifs is 3. The van der Waals surface area contributed by atoms with Crippen LogP contribution in [0.5, 0.6) is 0 Å². The number of unbranched alkanes of at least 4 members (excludes halogenated alkanes) is 2. The lowest BCUT2D eigenvalue weighted by Gasteiger charge is -2.54. The summed E-state index contributed by atoms with van der Waals surface area (Å²) in [6.45, 7) is 2.22. The fraction of sp³-hybridized carbons (Fsp3) is 1.00. The van der Waals surface area contributed by atoms with E-state index in [1.807, 2.05) is 0 Å². The summed E-state index contributed by atoms with van der Waals surface area (Å²) in [5, 5.41) is 20.3. The summed E-state index contributed by atoms with van der Waals surface area (Å²) in [4.78, 5) is 0. The van der Waals surface area contributed by atoms with Gasteiger partial charge in [-0.2, -0.15) is 0 Å². The third kappa shape index (κ3) is 2.07. The van der Waals surface area contributed by atoms with Gasteiger partial charge < -0.3 is 10.2 Å². The minimum absolute atomic E-state index is 0.166. The van der Waals surface area contributed by atoms with E-state index in [2.05, 4.69) is 6.92 Å². The second-order valence-electron chi connectivity index (χ2n) is 5.76. The van der Waals surface area contributed by atoms with Crippen LogP contribution in [0, 0.1) is 5.41 Å². The summed E-state index contributed by atoms with van der Waals surface area (Å²) < 4.78 is 0. The van der Waals surface area contributed by atoms with E-state index in [1.165, 1.54) is 19.3 Å². The van der Waals surface area contributed by atoms with Crippen molar-refractivity contribution in [2.24, 2.45) is 5.41 Å². The summed E-state index contributed by atoms with van der Waals surface area (Å²) in [6, 6.07) is 0. The van der Waals surface area contributed by atoms with Crippen LogP contribution in [0.4, 0.5) is 0 Å². The largest absolute Gasteiger partial charge is 0.392 e. The smallest absolute Gasteiger partial charge is 0.0673 e. The highest BCUT2D eigenvalue weighted by Crippen LogP contribution is 2.54. The minimum Gasteiger partial charge on any atom is -0.392 e. The standard InChI is InChI=1S/C13H24O2/c1-2-3-4-5-12-6-8-13(15,9-7-12)10-11(12)14/h11,14-15H,2-10H2,1H3/t11-,12?,13?/m0/s1. The van der Waals surface area contributed by atoms with Crippen molar-refractivity contribution in [1.82, 2.24) is 0 Å². The number of aliphatic hydroxyl groups is 2. The van der Waals surface area contributed by atoms with Crippen molar-refractivity contribution in [2.75, 3.05) is 0 Å². The molecule has 0 saturated heterocycles. The van der Waals surface area contributed by atoms with Crippen LogP contribution in [0.3, 0.4) is 0 Å². The molecule has 0 aliphatic heterocycles. The maximum absolute atomic E-state index is 10.2. The van der Waals surface area contributed by atoms with E-state index < -0.39 is 5.60 Å². The number of aliphatic hydroxyl groups excluding tert-OH is 1. The zero-order valence-electron chi connectivity index (χ0n) is 9.84. The van der Waals surface area contributed by atoms with Gasteiger partial charge in [0.1, 0.15) is 0 Å². The van der Waals surface area contributed by atoms with Gasteiger partial charge in [0.2, 0.25) is 0 Å². The van der Waals surface area contributed by atoms with Crippen LogP contribution in [-0.2, 0) is 0 Å². The average molecular weight is 212 g/mol. The molecule has 3 saturated carbocycles. The molecule has 0 aromatic heterocycles. The molecule has 3 fully saturated rings. The molecule has 1 atom stereocenters. The summed E-state index contributed by atoms with van der Waals surface area (Å²) in [5.41, 5.74) is -0.356. The number of hydrogen-bond donors (Lipinski definition) is 2. The van der Waals surface area contributed by atoms with Gasteiger partial charge in [-0.3, -0.25) is 0 Å². The molecule has 0 aromatic carbocycles. The molecule has 0 radical (unpaired) electrons. The van der Waals surface area contributed by atoms with E-state index >= 15 is 0 Å². The van der Waals surface area contributed by atoms with Crippen molar-refractivity contribution in [2.45, 2.75) is 76.4 Å². The average Bonchev–Trinajstić information content (AvgIpc) is 2.20. The van der Waals surface area contributed by atoms with Crippen LogP contribution in [0.2, 0.25) is 0 Å². The Labute approximate surface area is 92.7 Å². The Morgan fingerprint density at radius 3 is 2.33 bits per heavy atom. The highest BCUT2D eigenvalue weighted by molar-refractivity contribution is 5.04. The molecule has 2 nitrogen and oxygen atoms in total. The number of rotatable bonds is 4. The van der Waals surface area contributed by atoms with Crippen LogP contribution in [0.25, 0.3) is 0 Å². The summed E-state index contributed by atoms with van der Waals surface area (Å²) in [5.74, 6) is 0. The Bertz CT molecular complexity index is 217. The van der Waals surface area contributed by atoms with Gasteiger partial charge in [-0.05, 0) is 37.5 Å². The molecule has 0 unspecified atom stereocenters. The molecule has 2 N–H and O–H groups in total. The lowest BCUT2D eigenvalue weighted by Crippen LogP contribution is -2.54. The zero-order valence-corrected chi connectivity index (χ0v) is 9.84. The molecular formula is C13H24O2. The summed E-state index contributed by atoms with van der Waals surface area (Å²) >= 11 is 0. The van der Waals surface area contributed by atoms with E-state index in [-0.39, 0.29) is 11.5 Å². The Morgan fingerprint density at radius 2 is 1.80 bits per heavy atom. The van der Waals surface area contributed by atoms with Crippen LogP contribution < -0.4 is 0 Å². The molecule has 0 spiro atoms. The number of hydrogen-bond acceptors (Lipinski definition) is 2. The second-order valence-corrected chi connectivity index (χ2v) is 5.76. The predicted molar refractivity (Wildman–Crippen MR) is 60.6 cm³/mol. The predicted octanol–water partition coefficient (Wildman–Crippen LogP) is 2.62. The monoisotopic (exact) mass is 212 g/mol. The normalized spacial score (nSPS) is 44.6. The minimum atomic E-state index is -0.522. The van der Waals surface area contributed by atoms with Gasteiger partial charge in [0, 0.05) is 6.42 Å². The fourth-order valence-corrected chi connectivity index (χ4v) is 3.47. The third-order valence-corrected chi connectivity index (χ3v) is 4.73. The molecule has 3 aliphatic rings. The van der Waals surface area contributed by atoms with E-state index in [9.17, 15) is 10.2 Å². The quantitative estimate of drug-likeness (QED) is 0.703. The van der Waals surface area contributed by atoms with Gasteiger partial charge in [0.15, 0.2) is 0 Å². The first kappa shape index (κ1) is 11.4. The molecule has 2 heteroatoms. The van der Waals surface area contributed by atoms with Gasteiger partial charge in [-0.15, -0.1) is 0 Å². The molecular weight excluding hydrogens is 188 g/mol. The maximum Gasteiger partial charge on any atom is 0.0673 e. The molecule has 3 rings (SSSR count). The van der Waals surface area contributed by atoms with E-state index in [0.29, 0.717) is 6.42 Å². The highest BCUT2D eigenvalue weighted by Gasteiger charge is 2.52. The first-order chi connectivity index (χ1) is 7.10. The topological polar surface area (TPSA) is 40.5 Å². The molecule has 88 valence electrons. The molecule has 15 heavy (non-hydrogen) atoms. The van der Waals surface area contributed by atoms with E-state index in [1.54, 1.807) is 0 Å². The first-order valence-electron chi connectivity index (χ1n) is 6.51. The molecule has 3 aliphatic carbocycles. The molecule has 0 aromatic rings. The van der Waals surface area contributed by atoms with E-state index in [0.717, 1.165) is 32.1 Å². The third-order valence-electron chi connectivity index (χ3n) is 4.73. The van der Waals surface area contributed by atoms with Crippen LogP contribution in [0.15, 0.2) is 0 Å². The van der Waals surface area contributed by atoms with Crippen molar-refractivity contribution in [3.63, 3.8) is 0 Å². The Kier molecular flexibility index (Phi) is 3.09. The summed E-state index contributed by atoms with van der Waals surface area (Å²) in [7, 11) is 0. The van der Waals surface area contributed by atoms with E-state index in [4.69, 9.17) is 0 Å². The Hall–Kier alpha value is -0.0800. The highest BCUT2D eigenvalue weighted by atomic mass is 16.3. The fourth-order valence-electron chi connectivity index (χ4n) is 3.47. The molecule has 0 amide bonds.